The van der Waals surface area contributed by atoms with E-state index in [9.17, 15) is 5.11 Å². The van der Waals surface area contributed by atoms with Crippen LogP contribution in [-0.4, -0.2) is 21.7 Å². The molecule has 1 heterocycles. The van der Waals surface area contributed by atoms with Crippen molar-refractivity contribution < 1.29 is 5.11 Å². The minimum Gasteiger partial charge on any atom is -0.392 e. The van der Waals surface area contributed by atoms with Gasteiger partial charge < -0.3 is 5.11 Å². The van der Waals surface area contributed by atoms with Crippen LogP contribution in [0.3, 0.4) is 0 Å². The van der Waals surface area contributed by atoms with Crippen molar-refractivity contribution in [2.45, 2.75) is 69.6 Å². The van der Waals surface area contributed by atoms with Crippen molar-refractivity contribution in [1.29, 1.82) is 0 Å². The van der Waals surface area contributed by atoms with E-state index in [-0.39, 0.29) is 10.9 Å². The third kappa shape index (κ3) is 3.47. The largest absolute Gasteiger partial charge is 0.392 e. The van der Waals surface area contributed by atoms with Gasteiger partial charge in [-0.15, -0.1) is 0 Å². The summed E-state index contributed by atoms with van der Waals surface area (Å²) in [5, 5.41) is 10.1. The van der Waals surface area contributed by atoms with Gasteiger partial charge in [-0.25, -0.2) is 0 Å². The first kappa shape index (κ1) is 12.4. The van der Waals surface area contributed by atoms with E-state index in [1.165, 1.54) is 44.3 Å². The van der Waals surface area contributed by atoms with E-state index < -0.39 is 0 Å². The Balaban J connectivity index is 2.16. The van der Waals surface area contributed by atoms with Gasteiger partial charge in [-0.3, -0.25) is 0 Å². The summed E-state index contributed by atoms with van der Waals surface area (Å²) in [5.74, 6) is 1.24. The summed E-state index contributed by atoms with van der Waals surface area (Å²) in [6.07, 6.45) is 8.49. The molecule has 2 unspecified atom stereocenters. The van der Waals surface area contributed by atoms with Crippen LogP contribution in [0.5, 0.6) is 0 Å². The second-order valence-corrected chi connectivity index (χ2v) is 6.26. The fraction of sp³-hybridized carbons (Fsp3) is 1.00. The lowest BCUT2D eigenvalue weighted by Gasteiger charge is -2.29. The Labute approximate surface area is 92.7 Å². The molecule has 0 amide bonds. The van der Waals surface area contributed by atoms with Crippen molar-refractivity contribution in [2.24, 2.45) is 0 Å². The highest BCUT2D eigenvalue weighted by molar-refractivity contribution is 8.00. The summed E-state index contributed by atoms with van der Waals surface area (Å²) < 4.78 is 0.173. The summed E-state index contributed by atoms with van der Waals surface area (Å²) >= 11 is 1.97. The Kier molecular flexibility index (Phi) is 5.32. The Morgan fingerprint density at radius 3 is 2.71 bits per heavy atom. The quantitative estimate of drug-likeness (QED) is 0.685. The molecule has 1 rings (SSSR count). The SMILES string of the molecule is CCCCCCC(O)C1(C)CCCS1. The van der Waals surface area contributed by atoms with Gasteiger partial charge in [0, 0.05) is 4.75 Å². The van der Waals surface area contributed by atoms with Crippen molar-refractivity contribution in [1.82, 2.24) is 0 Å². The van der Waals surface area contributed by atoms with Crippen LogP contribution in [0.15, 0.2) is 0 Å². The number of aliphatic hydroxyl groups excluding tert-OH is 1. The standard InChI is InChI=1S/C12H24OS/c1-3-4-5-6-8-11(13)12(2)9-7-10-14-12/h11,13H,3-10H2,1-2H3. The Hall–Kier alpha value is 0.310. The second-order valence-electron chi connectivity index (χ2n) is 4.63. The summed E-state index contributed by atoms with van der Waals surface area (Å²) in [6, 6.07) is 0. The smallest absolute Gasteiger partial charge is 0.0684 e. The zero-order valence-corrected chi connectivity index (χ0v) is 10.4. The molecule has 0 aliphatic carbocycles. The maximum Gasteiger partial charge on any atom is 0.0684 e. The number of unbranched alkanes of at least 4 members (excludes halogenated alkanes) is 3. The van der Waals surface area contributed by atoms with E-state index in [0.717, 1.165) is 6.42 Å². The maximum atomic E-state index is 10.1. The van der Waals surface area contributed by atoms with E-state index in [4.69, 9.17) is 0 Å². The molecule has 0 saturated carbocycles. The highest BCUT2D eigenvalue weighted by Gasteiger charge is 2.36. The van der Waals surface area contributed by atoms with Crippen molar-refractivity contribution in [3.63, 3.8) is 0 Å². The van der Waals surface area contributed by atoms with Crippen LogP contribution in [-0.2, 0) is 0 Å². The monoisotopic (exact) mass is 216 g/mol. The van der Waals surface area contributed by atoms with Gasteiger partial charge in [0.1, 0.15) is 0 Å². The summed E-state index contributed by atoms with van der Waals surface area (Å²) in [7, 11) is 0. The van der Waals surface area contributed by atoms with E-state index in [1.807, 2.05) is 11.8 Å². The molecule has 0 bridgehead atoms. The van der Waals surface area contributed by atoms with Crippen LogP contribution in [0, 0.1) is 0 Å². The molecule has 0 aromatic heterocycles. The normalized spacial score (nSPS) is 29.4. The number of hydrogen-bond acceptors (Lipinski definition) is 2. The van der Waals surface area contributed by atoms with Gasteiger partial charge in [0.05, 0.1) is 6.10 Å². The molecule has 0 spiro atoms. The average molecular weight is 216 g/mol. The highest BCUT2D eigenvalue weighted by Crippen LogP contribution is 2.41. The van der Waals surface area contributed by atoms with Crippen molar-refractivity contribution in [2.75, 3.05) is 5.75 Å². The van der Waals surface area contributed by atoms with E-state index in [2.05, 4.69) is 13.8 Å². The molecule has 0 aromatic carbocycles. The predicted octanol–water partition coefficient (Wildman–Crippen LogP) is 3.60. The Morgan fingerprint density at radius 1 is 1.36 bits per heavy atom. The maximum absolute atomic E-state index is 10.1. The summed E-state index contributed by atoms with van der Waals surface area (Å²) in [6.45, 7) is 4.46. The van der Waals surface area contributed by atoms with Crippen LogP contribution in [0.25, 0.3) is 0 Å². The zero-order chi connectivity index (χ0) is 10.4. The lowest BCUT2D eigenvalue weighted by atomic mass is 9.94. The van der Waals surface area contributed by atoms with Crippen LogP contribution >= 0.6 is 11.8 Å². The van der Waals surface area contributed by atoms with Crippen LogP contribution < -0.4 is 0 Å². The molecule has 1 aliphatic heterocycles. The minimum absolute atomic E-state index is 0.0770. The predicted molar refractivity (Wildman–Crippen MR) is 64.9 cm³/mol. The van der Waals surface area contributed by atoms with E-state index in [0.29, 0.717) is 0 Å². The molecule has 1 saturated heterocycles. The third-order valence-electron chi connectivity index (χ3n) is 3.29. The first-order chi connectivity index (χ1) is 6.69. The van der Waals surface area contributed by atoms with Crippen molar-refractivity contribution in [3.8, 4) is 0 Å². The Bertz CT molecular complexity index is 152. The Morgan fingerprint density at radius 2 is 2.14 bits per heavy atom. The van der Waals surface area contributed by atoms with Gasteiger partial charge in [-0.2, -0.15) is 11.8 Å². The molecule has 1 N–H and O–H groups in total. The first-order valence-electron chi connectivity index (χ1n) is 6.01. The van der Waals surface area contributed by atoms with Gasteiger partial charge in [0.2, 0.25) is 0 Å². The minimum atomic E-state index is -0.0770. The fourth-order valence-electron chi connectivity index (χ4n) is 2.13. The molecule has 2 atom stereocenters. The van der Waals surface area contributed by atoms with Gasteiger partial charge in [0.25, 0.3) is 0 Å². The lowest BCUT2D eigenvalue weighted by Crippen LogP contribution is -2.33. The van der Waals surface area contributed by atoms with Crippen LogP contribution in [0.2, 0.25) is 0 Å². The number of hydrogen-bond donors (Lipinski definition) is 1. The molecule has 1 nitrogen and oxygen atoms in total. The molecule has 84 valence electrons. The topological polar surface area (TPSA) is 20.2 Å². The molecular weight excluding hydrogens is 192 g/mol. The fourth-order valence-corrected chi connectivity index (χ4v) is 3.49. The van der Waals surface area contributed by atoms with Gasteiger partial charge in [0.15, 0.2) is 0 Å². The summed E-state index contributed by atoms with van der Waals surface area (Å²) in [5.41, 5.74) is 0. The average Bonchev–Trinajstić information content (AvgIpc) is 2.61. The van der Waals surface area contributed by atoms with Gasteiger partial charge >= 0.3 is 0 Å². The van der Waals surface area contributed by atoms with Crippen molar-refractivity contribution >= 4 is 11.8 Å². The highest BCUT2D eigenvalue weighted by atomic mass is 32.2. The lowest BCUT2D eigenvalue weighted by molar-refractivity contribution is 0.121. The van der Waals surface area contributed by atoms with Crippen LogP contribution in [0.1, 0.15) is 58.8 Å². The zero-order valence-electron chi connectivity index (χ0n) is 9.59. The van der Waals surface area contributed by atoms with Crippen molar-refractivity contribution in [3.05, 3.63) is 0 Å². The number of aliphatic hydroxyl groups is 1. The first-order valence-corrected chi connectivity index (χ1v) is 6.99. The van der Waals surface area contributed by atoms with Gasteiger partial charge in [-0.1, -0.05) is 32.6 Å². The number of rotatable bonds is 6. The van der Waals surface area contributed by atoms with E-state index in [1.54, 1.807) is 0 Å². The summed E-state index contributed by atoms with van der Waals surface area (Å²) in [4.78, 5) is 0. The molecule has 14 heavy (non-hydrogen) atoms. The van der Waals surface area contributed by atoms with Crippen LogP contribution in [0.4, 0.5) is 0 Å². The van der Waals surface area contributed by atoms with E-state index >= 15 is 0 Å². The molecule has 1 fully saturated rings. The molecular formula is C12H24OS. The van der Waals surface area contributed by atoms with Gasteiger partial charge in [-0.05, 0) is 31.9 Å². The second kappa shape index (κ2) is 6.02. The molecule has 1 aliphatic rings. The molecule has 0 radical (unpaired) electrons. The molecule has 2 heteroatoms. The third-order valence-corrected chi connectivity index (χ3v) is 4.91. The number of thioether (sulfide) groups is 1. The molecule has 0 aromatic rings.